The van der Waals surface area contributed by atoms with E-state index < -0.39 is 20.3 Å². The van der Waals surface area contributed by atoms with Gasteiger partial charge in [-0.15, -0.1) is 11.8 Å². The Labute approximate surface area is 158 Å². The first-order valence-corrected chi connectivity index (χ1v) is 10.4. The van der Waals surface area contributed by atoms with E-state index in [2.05, 4.69) is 0 Å². The maximum Gasteiger partial charge on any atom is 0.288 e. The van der Waals surface area contributed by atoms with E-state index in [9.17, 15) is 18.5 Å². The molecule has 1 saturated heterocycles. The van der Waals surface area contributed by atoms with Gasteiger partial charge in [0.25, 0.3) is 5.69 Å². The summed E-state index contributed by atoms with van der Waals surface area (Å²) in [6, 6.07) is 10.3. The molecule has 1 aliphatic rings. The summed E-state index contributed by atoms with van der Waals surface area (Å²) in [5.74, 6) is 0.591. The molecule has 0 N–H and O–H groups in total. The smallest absolute Gasteiger partial charge is 0.258 e. The fourth-order valence-electron chi connectivity index (χ4n) is 2.53. The molecule has 0 aliphatic carbocycles. The van der Waals surface area contributed by atoms with E-state index in [1.165, 1.54) is 52.5 Å². The fourth-order valence-corrected chi connectivity index (χ4v) is 6.07. The molecular weight excluding hydrogens is 407 g/mol. The van der Waals surface area contributed by atoms with Crippen LogP contribution in [0.25, 0.3) is 0 Å². The normalized spacial score (nSPS) is 18.4. The predicted molar refractivity (Wildman–Crippen MR) is 98.6 cm³/mol. The highest BCUT2D eigenvalue weighted by molar-refractivity contribution is 8.01. The van der Waals surface area contributed by atoms with Crippen LogP contribution in [-0.2, 0) is 10.0 Å². The first-order valence-electron chi connectivity index (χ1n) is 7.13. The average molecular weight is 419 g/mol. The fraction of sp³-hybridized carbons (Fsp3) is 0.200. The van der Waals surface area contributed by atoms with Gasteiger partial charge in [0.2, 0.25) is 10.0 Å². The van der Waals surface area contributed by atoms with Crippen molar-refractivity contribution in [3.8, 4) is 0 Å². The van der Waals surface area contributed by atoms with Gasteiger partial charge in [0.15, 0.2) is 0 Å². The Morgan fingerprint density at radius 2 is 1.84 bits per heavy atom. The number of rotatable bonds is 4. The molecular formula is C15H12Cl2N2O4S2. The van der Waals surface area contributed by atoms with Crippen molar-refractivity contribution in [3.63, 3.8) is 0 Å². The Morgan fingerprint density at radius 3 is 2.48 bits per heavy atom. The van der Waals surface area contributed by atoms with Gasteiger partial charge in [0.1, 0.15) is 5.02 Å². The molecule has 0 aromatic heterocycles. The summed E-state index contributed by atoms with van der Waals surface area (Å²) in [4.78, 5) is 10.6. The van der Waals surface area contributed by atoms with Crippen molar-refractivity contribution < 1.29 is 13.3 Å². The quantitative estimate of drug-likeness (QED) is 0.544. The Balaban J connectivity index is 1.99. The number of hydrogen-bond donors (Lipinski definition) is 0. The number of sulfonamides is 1. The second kappa shape index (κ2) is 7.13. The predicted octanol–water partition coefficient (Wildman–Crippen LogP) is 4.34. The topological polar surface area (TPSA) is 80.5 Å². The molecule has 25 heavy (non-hydrogen) atoms. The van der Waals surface area contributed by atoms with Crippen LogP contribution < -0.4 is 0 Å². The molecule has 3 rings (SSSR count). The summed E-state index contributed by atoms with van der Waals surface area (Å²) in [7, 11) is -3.74. The summed E-state index contributed by atoms with van der Waals surface area (Å²) in [6.45, 7) is 0.316. The molecule has 1 atom stereocenters. The van der Waals surface area contributed by atoms with Crippen LogP contribution in [0.15, 0.2) is 47.4 Å². The van der Waals surface area contributed by atoms with Crippen LogP contribution in [0, 0.1) is 10.1 Å². The maximum atomic E-state index is 12.9. The Hall–Kier alpha value is -1.32. The Morgan fingerprint density at radius 1 is 1.16 bits per heavy atom. The number of thioether (sulfide) groups is 1. The molecule has 1 unspecified atom stereocenters. The van der Waals surface area contributed by atoms with E-state index in [0.717, 1.165) is 0 Å². The summed E-state index contributed by atoms with van der Waals surface area (Å²) in [6.07, 6.45) is 0. The minimum atomic E-state index is -3.74. The molecule has 132 valence electrons. The van der Waals surface area contributed by atoms with Crippen molar-refractivity contribution in [1.29, 1.82) is 0 Å². The third-order valence-electron chi connectivity index (χ3n) is 3.72. The zero-order chi connectivity index (χ0) is 18.2. The van der Waals surface area contributed by atoms with Gasteiger partial charge in [0.05, 0.1) is 15.2 Å². The van der Waals surface area contributed by atoms with E-state index in [-0.39, 0.29) is 15.6 Å². The summed E-state index contributed by atoms with van der Waals surface area (Å²) in [5, 5.41) is 11.0. The van der Waals surface area contributed by atoms with Gasteiger partial charge >= 0.3 is 0 Å². The van der Waals surface area contributed by atoms with Crippen LogP contribution >= 0.6 is 35.0 Å². The third-order valence-corrected chi connectivity index (χ3v) is 7.57. The van der Waals surface area contributed by atoms with Crippen molar-refractivity contribution in [2.24, 2.45) is 0 Å². The highest BCUT2D eigenvalue weighted by Crippen LogP contribution is 2.43. The molecule has 0 amide bonds. The summed E-state index contributed by atoms with van der Waals surface area (Å²) >= 11 is 13.1. The molecule has 6 nitrogen and oxygen atoms in total. The molecule has 0 spiro atoms. The lowest BCUT2D eigenvalue weighted by Gasteiger charge is -2.23. The second-order valence-corrected chi connectivity index (χ2v) is 9.18. The van der Waals surface area contributed by atoms with Crippen molar-refractivity contribution in [2.75, 3.05) is 12.3 Å². The maximum absolute atomic E-state index is 12.9. The van der Waals surface area contributed by atoms with Crippen LogP contribution in [0.3, 0.4) is 0 Å². The first-order chi connectivity index (χ1) is 11.8. The molecule has 1 aliphatic heterocycles. The number of nitro groups is 1. The number of hydrogen-bond acceptors (Lipinski definition) is 5. The average Bonchev–Trinajstić information content (AvgIpc) is 3.06. The van der Waals surface area contributed by atoms with Gasteiger partial charge in [-0.25, -0.2) is 8.42 Å². The molecule has 1 heterocycles. The Bertz CT molecular complexity index is 920. The highest BCUT2D eigenvalue weighted by Gasteiger charge is 2.37. The van der Waals surface area contributed by atoms with Crippen LogP contribution in [-0.4, -0.2) is 29.9 Å². The third kappa shape index (κ3) is 3.63. The van der Waals surface area contributed by atoms with E-state index in [0.29, 0.717) is 22.9 Å². The van der Waals surface area contributed by atoms with Crippen molar-refractivity contribution in [2.45, 2.75) is 10.3 Å². The molecule has 0 radical (unpaired) electrons. The molecule has 0 bridgehead atoms. The standard InChI is InChI=1S/C15H12Cl2N2O4S2/c16-11-2-4-12(5-3-11)25(22,23)18-7-8-24-15(18)10-1-6-13(17)14(9-10)19(20)21/h1-6,9,15H,7-8H2. The van der Waals surface area contributed by atoms with Crippen molar-refractivity contribution >= 4 is 50.7 Å². The zero-order valence-corrected chi connectivity index (χ0v) is 15.8. The van der Waals surface area contributed by atoms with Crippen molar-refractivity contribution in [3.05, 3.63) is 68.2 Å². The van der Waals surface area contributed by atoms with Crippen LogP contribution in [0.4, 0.5) is 5.69 Å². The largest absolute Gasteiger partial charge is 0.288 e. The lowest BCUT2D eigenvalue weighted by atomic mass is 10.2. The number of benzene rings is 2. The van der Waals surface area contributed by atoms with E-state index in [1.54, 1.807) is 6.07 Å². The van der Waals surface area contributed by atoms with Gasteiger partial charge in [-0.3, -0.25) is 10.1 Å². The van der Waals surface area contributed by atoms with E-state index in [4.69, 9.17) is 23.2 Å². The number of nitrogens with zero attached hydrogens (tertiary/aromatic N) is 2. The monoisotopic (exact) mass is 418 g/mol. The van der Waals surface area contributed by atoms with E-state index in [1.807, 2.05) is 0 Å². The second-order valence-electron chi connectivity index (χ2n) is 5.26. The van der Waals surface area contributed by atoms with Gasteiger partial charge < -0.3 is 0 Å². The zero-order valence-electron chi connectivity index (χ0n) is 12.6. The molecule has 2 aromatic carbocycles. The number of nitro benzene ring substituents is 1. The molecule has 10 heteroatoms. The molecule has 1 fully saturated rings. The van der Waals surface area contributed by atoms with Gasteiger partial charge in [-0.2, -0.15) is 4.31 Å². The van der Waals surface area contributed by atoms with Gasteiger partial charge in [-0.05, 0) is 35.9 Å². The van der Waals surface area contributed by atoms with E-state index >= 15 is 0 Å². The van der Waals surface area contributed by atoms with Crippen LogP contribution in [0.5, 0.6) is 0 Å². The van der Waals surface area contributed by atoms with Gasteiger partial charge in [-0.1, -0.05) is 29.3 Å². The highest BCUT2D eigenvalue weighted by atomic mass is 35.5. The van der Waals surface area contributed by atoms with Crippen LogP contribution in [0.1, 0.15) is 10.9 Å². The Kier molecular flexibility index (Phi) is 5.26. The summed E-state index contributed by atoms with van der Waals surface area (Å²) < 4.78 is 27.2. The molecule has 2 aromatic rings. The first kappa shape index (κ1) is 18.5. The minimum Gasteiger partial charge on any atom is -0.258 e. The molecule has 0 saturated carbocycles. The lowest BCUT2D eigenvalue weighted by molar-refractivity contribution is -0.384. The van der Waals surface area contributed by atoms with Crippen LogP contribution in [0.2, 0.25) is 10.0 Å². The summed E-state index contributed by atoms with van der Waals surface area (Å²) in [5.41, 5.74) is 0.284. The van der Waals surface area contributed by atoms with Crippen molar-refractivity contribution in [1.82, 2.24) is 4.31 Å². The lowest BCUT2D eigenvalue weighted by Crippen LogP contribution is -2.30. The SMILES string of the molecule is O=[N+]([O-])c1cc(C2SCCN2S(=O)(=O)c2ccc(Cl)cc2)ccc1Cl. The van der Waals surface area contributed by atoms with Gasteiger partial charge in [0, 0.05) is 23.4 Å². The minimum absolute atomic E-state index is 0.0175. The number of halogens is 2.